The molecule has 0 saturated carbocycles. The Morgan fingerprint density at radius 1 is 1.12 bits per heavy atom. The van der Waals surface area contributed by atoms with Gasteiger partial charge in [0.2, 0.25) is 0 Å². The van der Waals surface area contributed by atoms with Gasteiger partial charge in [-0.05, 0) is 31.9 Å². The summed E-state index contributed by atoms with van der Waals surface area (Å²) in [7, 11) is 0. The zero-order valence-electron chi connectivity index (χ0n) is 13.9. The number of aromatic nitrogens is 1. The Morgan fingerprint density at radius 2 is 1.88 bits per heavy atom. The monoisotopic (exact) mass is 324 g/mol. The fourth-order valence-electron chi connectivity index (χ4n) is 3.30. The number of aliphatic hydroxyl groups is 1. The van der Waals surface area contributed by atoms with Gasteiger partial charge < -0.3 is 10.0 Å². The molecule has 0 bridgehead atoms. The van der Waals surface area contributed by atoms with Crippen molar-refractivity contribution < 1.29 is 9.90 Å². The second-order valence-corrected chi connectivity index (χ2v) is 6.51. The molecule has 1 N–H and O–H groups in total. The normalized spacial score (nSPS) is 17.5. The Balaban J connectivity index is 1.44. The maximum atomic E-state index is 12.1. The second kappa shape index (κ2) is 7.69. The van der Waals surface area contributed by atoms with Gasteiger partial charge in [0.1, 0.15) is 0 Å². The molecular formula is C20H24N2O2. The van der Waals surface area contributed by atoms with Crippen molar-refractivity contribution in [2.24, 2.45) is 0 Å². The van der Waals surface area contributed by atoms with E-state index in [0.717, 1.165) is 37.2 Å². The SMILES string of the molecule is O=C(CCCN1CCC(O)(c2cccnc2)CC1)c1ccccc1. The summed E-state index contributed by atoms with van der Waals surface area (Å²) in [6.07, 6.45) is 6.35. The van der Waals surface area contributed by atoms with E-state index in [1.165, 1.54) is 0 Å². The van der Waals surface area contributed by atoms with E-state index in [-0.39, 0.29) is 5.78 Å². The lowest BCUT2D eigenvalue weighted by atomic mass is 9.85. The standard InChI is InChI=1S/C20H24N2O2/c23-19(17-6-2-1-3-7-17)9-5-13-22-14-10-20(24,11-15-22)18-8-4-12-21-16-18/h1-4,6-8,12,16,24H,5,9-11,13-15H2. The number of carbonyl (C=O) groups is 1. The Morgan fingerprint density at radius 3 is 2.54 bits per heavy atom. The molecule has 24 heavy (non-hydrogen) atoms. The molecule has 0 unspecified atom stereocenters. The van der Waals surface area contributed by atoms with E-state index in [0.29, 0.717) is 19.3 Å². The van der Waals surface area contributed by atoms with Crippen molar-refractivity contribution in [3.8, 4) is 0 Å². The summed E-state index contributed by atoms with van der Waals surface area (Å²) in [5.41, 5.74) is 0.941. The third-order valence-electron chi connectivity index (χ3n) is 4.86. The molecule has 0 amide bonds. The number of Topliss-reactive ketones (excluding diaryl/α,β-unsaturated/α-hetero) is 1. The molecule has 1 aliphatic heterocycles. The van der Waals surface area contributed by atoms with E-state index in [2.05, 4.69) is 9.88 Å². The fraction of sp³-hybridized carbons (Fsp3) is 0.400. The minimum Gasteiger partial charge on any atom is -0.385 e. The van der Waals surface area contributed by atoms with Crippen LogP contribution in [-0.4, -0.2) is 40.4 Å². The van der Waals surface area contributed by atoms with E-state index < -0.39 is 5.60 Å². The predicted octanol–water partition coefficient (Wildman–Crippen LogP) is 3.03. The maximum Gasteiger partial charge on any atom is 0.162 e. The third kappa shape index (κ3) is 4.08. The van der Waals surface area contributed by atoms with Gasteiger partial charge in [-0.2, -0.15) is 0 Å². The van der Waals surface area contributed by atoms with Crippen LogP contribution in [0.15, 0.2) is 54.9 Å². The molecule has 1 aliphatic rings. The summed E-state index contributed by atoms with van der Waals surface area (Å²) in [6.45, 7) is 2.61. The van der Waals surface area contributed by atoms with Crippen LogP contribution in [0, 0.1) is 0 Å². The van der Waals surface area contributed by atoms with Gasteiger partial charge in [0.15, 0.2) is 5.78 Å². The number of benzene rings is 1. The molecule has 0 spiro atoms. The number of nitrogens with zero attached hydrogens (tertiary/aromatic N) is 2. The van der Waals surface area contributed by atoms with E-state index in [9.17, 15) is 9.90 Å². The summed E-state index contributed by atoms with van der Waals surface area (Å²) in [5, 5.41) is 10.8. The fourth-order valence-corrected chi connectivity index (χ4v) is 3.30. The quantitative estimate of drug-likeness (QED) is 0.830. The average molecular weight is 324 g/mol. The molecule has 3 rings (SSSR count). The van der Waals surface area contributed by atoms with Crippen LogP contribution in [0.5, 0.6) is 0 Å². The minimum atomic E-state index is -0.759. The number of ketones is 1. The summed E-state index contributed by atoms with van der Waals surface area (Å²) >= 11 is 0. The Kier molecular flexibility index (Phi) is 5.38. The van der Waals surface area contributed by atoms with Crippen molar-refractivity contribution in [3.05, 3.63) is 66.0 Å². The van der Waals surface area contributed by atoms with E-state index >= 15 is 0 Å². The highest BCUT2D eigenvalue weighted by atomic mass is 16.3. The number of piperidine rings is 1. The van der Waals surface area contributed by atoms with Crippen LogP contribution in [0.1, 0.15) is 41.6 Å². The summed E-state index contributed by atoms with van der Waals surface area (Å²) in [6, 6.07) is 13.3. The first-order chi connectivity index (χ1) is 11.7. The number of carbonyl (C=O) groups excluding carboxylic acids is 1. The topological polar surface area (TPSA) is 53.4 Å². The van der Waals surface area contributed by atoms with E-state index in [1.807, 2.05) is 42.5 Å². The van der Waals surface area contributed by atoms with Gasteiger partial charge in [-0.25, -0.2) is 0 Å². The lowest BCUT2D eigenvalue weighted by Crippen LogP contribution is -2.43. The number of likely N-dealkylation sites (tertiary alicyclic amines) is 1. The van der Waals surface area contributed by atoms with Crippen molar-refractivity contribution in [2.45, 2.75) is 31.3 Å². The van der Waals surface area contributed by atoms with Gasteiger partial charge in [0.05, 0.1) is 5.60 Å². The number of hydrogen-bond acceptors (Lipinski definition) is 4. The number of pyridine rings is 1. The Bertz CT molecular complexity index is 650. The zero-order chi connectivity index (χ0) is 16.8. The largest absolute Gasteiger partial charge is 0.385 e. The average Bonchev–Trinajstić information content (AvgIpc) is 2.65. The van der Waals surface area contributed by atoms with Crippen molar-refractivity contribution in [3.63, 3.8) is 0 Å². The molecule has 1 fully saturated rings. The van der Waals surface area contributed by atoms with Crippen LogP contribution >= 0.6 is 0 Å². The molecule has 0 atom stereocenters. The molecule has 126 valence electrons. The van der Waals surface area contributed by atoms with Crippen LogP contribution in [0.4, 0.5) is 0 Å². The maximum absolute atomic E-state index is 12.1. The first kappa shape index (κ1) is 16.8. The molecule has 2 heterocycles. The molecule has 2 aromatic rings. The Hall–Kier alpha value is -2.04. The minimum absolute atomic E-state index is 0.208. The highest BCUT2D eigenvalue weighted by Gasteiger charge is 2.33. The van der Waals surface area contributed by atoms with Crippen LogP contribution in [0.2, 0.25) is 0 Å². The van der Waals surface area contributed by atoms with Gasteiger partial charge in [-0.15, -0.1) is 0 Å². The van der Waals surface area contributed by atoms with Gasteiger partial charge >= 0.3 is 0 Å². The van der Waals surface area contributed by atoms with Crippen molar-refractivity contribution in [1.82, 2.24) is 9.88 Å². The Labute approximate surface area is 143 Å². The molecule has 0 aliphatic carbocycles. The lowest BCUT2D eigenvalue weighted by Gasteiger charge is -2.38. The zero-order valence-corrected chi connectivity index (χ0v) is 13.9. The van der Waals surface area contributed by atoms with E-state index in [1.54, 1.807) is 12.4 Å². The first-order valence-corrected chi connectivity index (χ1v) is 8.61. The molecule has 4 heteroatoms. The molecule has 1 aromatic carbocycles. The van der Waals surface area contributed by atoms with Crippen molar-refractivity contribution in [1.29, 1.82) is 0 Å². The van der Waals surface area contributed by atoms with Crippen molar-refractivity contribution in [2.75, 3.05) is 19.6 Å². The summed E-state index contributed by atoms with van der Waals surface area (Å²) in [4.78, 5) is 18.6. The number of rotatable bonds is 6. The highest BCUT2D eigenvalue weighted by Crippen LogP contribution is 2.32. The second-order valence-electron chi connectivity index (χ2n) is 6.51. The van der Waals surface area contributed by atoms with Gasteiger partial charge in [-0.1, -0.05) is 36.4 Å². The number of hydrogen-bond donors (Lipinski definition) is 1. The first-order valence-electron chi connectivity index (χ1n) is 8.61. The van der Waals surface area contributed by atoms with Gasteiger partial charge in [0.25, 0.3) is 0 Å². The van der Waals surface area contributed by atoms with Crippen LogP contribution < -0.4 is 0 Å². The third-order valence-corrected chi connectivity index (χ3v) is 4.86. The molecule has 1 saturated heterocycles. The molecule has 4 nitrogen and oxygen atoms in total. The van der Waals surface area contributed by atoms with Gasteiger partial charge in [0, 0.05) is 43.0 Å². The smallest absolute Gasteiger partial charge is 0.162 e. The van der Waals surface area contributed by atoms with Crippen LogP contribution in [0.3, 0.4) is 0 Å². The predicted molar refractivity (Wildman–Crippen MR) is 93.8 cm³/mol. The van der Waals surface area contributed by atoms with Crippen LogP contribution in [0.25, 0.3) is 0 Å². The molecular weight excluding hydrogens is 300 g/mol. The molecule has 0 radical (unpaired) electrons. The molecule has 1 aromatic heterocycles. The van der Waals surface area contributed by atoms with Crippen molar-refractivity contribution >= 4 is 5.78 Å². The summed E-state index contributed by atoms with van der Waals surface area (Å²) in [5.74, 6) is 0.208. The highest BCUT2D eigenvalue weighted by molar-refractivity contribution is 5.95. The van der Waals surface area contributed by atoms with E-state index in [4.69, 9.17) is 0 Å². The van der Waals surface area contributed by atoms with Gasteiger partial charge in [-0.3, -0.25) is 9.78 Å². The van der Waals surface area contributed by atoms with Crippen LogP contribution in [-0.2, 0) is 5.60 Å². The summed E-state index contributed by atoms with van der Waals surface area (Å²) < 4.78 is 0. The lowest BCUT2D eigenvalue weighted by molar-refractivity contribution is -0.0262.